The number of ether oxygens (including phenoxy) is 1. The summed E-state index contributed by atoms with van der Waals surface area (Å²) < 4.78 is 5.44. The lowest BCUT2D eigenvalue weighted by molar-refractivity contribution is 0.122. The molecule has 0 amide bonds. The van der Waals surface area contributed by atoms with Crippen LogP contribution >= 0.6 is 0 Å². The van der Waals surface area contributed by atoms with Crippen LogP contribution in [-0.4, -0.2) is 42.3 Å². The molecule has 1 saturated heterocycles. The van der Waals surface area contributed by atoms with Crippen LogP contribution in [0.1, 0.15) is 51.4 Å². The second kappa shape index (κ2) is 6.63. The van der Waals surface area contributed by atoms with Crippen LogP contribution in [0.4, 0.5) is 11.6 Å². The molecule has 2 saturated carbocycles. The fourth-order valence-corrected chi connectivity index (χ4v) is 4.78. The number of nitrogens with zero attached hydrogens (tertiary/aromatic N) is 3. The molecule has 1 aromatic rings. The van der Waals surface area contributed by atoms with Crippen molar-refractivity contribution < 1.29 is 4.74 Å². The van der Waals surface area contributed by atoms with Gasteiger partial charge in [0, 0.05) is 25.2 Å². The van der Waals surface area contributed by atoms with Gasteiger partial charge in [-0.05, 0) is 31.1 Å². The van der Waals surface area contributed by atoms with Crippen LogP contribution in [0, 0.1) is 5.41 Å². The molecule has 2 heterocycles. The smallest absolute Gasteiger partial charge is 0.134 e. The molecule has 1 aliphatic heterocycles. The van der Waals surface area contributed by atoms with Gasteiger partial charge in [-0.1, -0.05) is 25.7 Å². The summed E-state index contributed by atoms with van der Waals surface area (Å²) in [4.78, 5) is 11.3. The molecular weight excluding hydrogens is 288 g/mol. The van der Waals surface area contributed by atoms with E-state index in [1.165, 1.54) is 51.4 Å². The minimum atomic E-state index is 0.530. The molecule has 1 N–H and O–H groups in total. The minimum Gasteiger partial charge on any atom is -0.378 e. The van der Waals surface area contributed by atoms with Crippen LogP contribution in [-0.2, 0) is 4.74 Å². The predicted molar refractivity (Wildman–Crippen MR) is 91.8 cm³/mol. The first-order chi connectivity index (χ1) is 11.4. The average Bonchev–Trinajstić information content (AvgIpc) is 3.07. The lowest BCUT2D eigenvalue weighted by atomic mass is 9.69. The van der Waals surface area contributed by atoms with Gasteiger partial charge in [-0.3, -0.25) is 0 Å². The second-order valence-corrected chi connectivity index (χ2v) is 7.37. The number of aromatic nitrogens is 2. The number of hydrogen-bond acceptors (Lipinski definition) is 5. The van der Waals surface area contributed by atoms with Gasteiger partial charge < -0.3 is 15.0 Å². The summed E-state index contributed by atoms with van der Waals surface area (Å²) in [6.45, 7) is 3.42. The van der Waals surface area contributed by atoms with Crippen molar-refractivity contribution in [2.75, 3.05) is 36.5 Å². The molecule has 1 spiro atoms. The van der Waals surface area contributed by atoms with E-state index in [1.54, 1.807) is 6.33 Å². The molecule has 5 nitrogen and oxygen atoms in total. The van der Waals surface area contributed by atoms with Crippen LogP contribution in [0.15, 0.2) is 12.4 Å². The molecule has 1 aromatic heterocycles. The van der Waals surface area contributed by atoms with E-state index in [1.807, 2.05) is 0 Å². The third kappa shape index (κ3) is 3.16. The van der Waals surface area contributed by atoms with Crippen molar-refractivity contribution >= 4 is 11.6 Å². The molecule has 0 unspecified atom stereocenters. The number of hydrogen-bond donors (Lipinski definition) is 1. The maximum atomic E-state index is 5.44. The first-order valence-corrected chi connectivity index (χ1v) is 9.27. The van der Waals surface area contributed by atoms with Gasteiger partial charge >= 0.3 is 0 Å². The number of rotatable bonds is 3. The highest BCUT2D eigenvalue weighted by Gasteiger charge is 2.42. The Balaban J connectivity index is 1.49. The van der Waals surface area contributed by atoms with Gasteiger partial charge in [0.2, 0.25) is 0 Å². The quantitative estimate of drug-likeness (QED) is 0.928. The summed E-state index contributed by atoms with van der Waals surface area (Å²) in [6, 6.07) is 2.72. The number of morpholine rings is 1. The van der Waals surface area contributed by atoms with Gasteiger partial charge in [-0.2, -0.15) is 0 Å². The van der Waals surface area contributed by atoms with E-state index < -0.39 is 0 Å². The Morgan fingerprint density at radius 1 is 1.04 bits per heavy atom. The topological polar surface area (TPSA) is 50.3 Å². The van der Waals surface area contributed by atoms with Crippen molar-refractivity contribution in [2.45, 2.75) is 57.4 Å². The van der Waals surface area contributed by atoms with Gasteiger partial charge in [0.1, 0.15) is 18.0 Å². The Morgan fingerprint density at radius 2 is 1.78 bits per heavy atom. The summed E-state index contributed by atoms with van der Waals surface area (Å²) in [6.07, 6.45) is 12.7. The third-order valence-corrected chi connectivity index (χ3v) is 6.07. The molecule has 0 radical (unpaired) electrons. The molecule has 23 heavy (non-hydrogen) atoms. The van der Waals surface area contributed by atoms with E-state index in [0.29, 0.717) is 11.5 Å². The van der Waals surface area contributed by atoms with Crippen LogP contribution in [0.5, 0.6) is 0 Å². The molecule has 2 aliphatic carbocycles. The summed E-state index contributed by atoms with van der Waals surface area (Å²) in [5.74, 6) is 2.03. The molecule has 5 heteroatoms. The third-order valence-electron chi connectivity index (χ3n) is 6.07. The molecule has 4 rings (SSSR count). The fourth-order valence-electron chi connectivity index (χ4n) is 4.78. The second-order valence-electron chi connectivity index (χ2n) is 7.37. The predicted octanol–water partition coefficient (Wildman–Crippen LogP) is 3.23. The van der Waals surface area contributed by atoms with Crippen molar-refractivity contribution in [2.24, 2.45) is 5.41 Å². The van der Waals surface area contributed by atoms with Crippen molar-refractivity contribution in [3.05, 3.63) is 12.4 Å². The van der Waals surface area contributed by atoms with E-state index in [9.17, 15) is 0 Å². The van der Waals surface area contributed by atoms with E-state index in [-0.39, 0.29) is 0 Å². The van der Waals surface area contributed by atoms with E-state index >= 15 is 0 Å². The highest BCUT2D eigenvalue weighted by Crippen LogP contribution is 2.49. The van der Waals surface area contributed by atoms with Crippen LogP contribution in [0.25, 0.3) is 0 Å². The number of anilines is 2. The van der Waals surface area contributed by atoms with E-state index in [4.69, 9.17) is 4.74 Å². The average molecular weight is 316 g/mol. The Hall–Kier alpha value is -1.36. The first-order valence-electron chi connectivity index (χ1n) is 9.27. The standard InChI is InChI=1S/C18H28N4O/c1-2-6-18(7-3-4-8-18)15(5-1)21-16-13-17(20-14-19-16)22-9-11-23-12-10-22/h13-15H,1-12H2,(H,19,20,21)/t15-/m0/s1. The summed E-state index contributed by atoms with van der Waals surface area (Å²) >= 11 is 0. The van der Waals surface area contributed by atoms with Gasteiger partial charge in [0.25, 0.3) is 0 Å². The van der Waals surface area contributed by atoms with Crippen LogP contribution in [0.2, 0.25) is 0 Å². The first kappa shape index (κ1) is 15.2. The Morgan fingerprint density at radius 3 is 2.57 bits per heavy atom. The Labute approximate surface area is 138 Å². The maximum absolute atomic E-state index is 5.44. The van der Waals surface area contributed by atoms with Gasteiger partial charge in [0.05, 0.1) is 13.2 Å². The van der Waals surface area contributed by atoms with Crippen molar-refractivity contribution in [3.8, 4) is 0 Å². The summed E-state index contributed by atoms with van der Waals surface area (Å²) in [7, 11) is 0. The van der Waals surface area contributed by atoms with Crippen molar-refractivity contribution in [3.63, 3.8) is 0 Å². The zero-order valence-corrected chi connectivity index (χ0v) is 14.0. The fraction of sp³-hybridized carbons (Fsp3) is 0.778. The van der Waals surface area contributed by atoms with Crippen LogP contribution in [0.3, 0.4) is 0 Å². The monoisotopic (exact) mass is 316 g/mol. The molecule has 0 aromatic carbocycles. The highest BCUT2D eigenvalue weighted by atomic mass is 16.5. The van der Waals surface area contributed by atoms with Gasteiger partial charge in [0.15, 0.2) is 0 Å². The van der Waals surface area contributed by atoms with Crippen LogP contribution < -0.4 is 10.2 Å². The summed E-state index contributed by atoms with van der Waals surface area (Å²) in [5.41, 5.74) is 0.530. The molecule has 1 atom stereocenters. The lowest BCUT2D eigenvalue weighted by Gasteiger charge is -2.42. The van der Waals surface area contributed by atoms with E-state index in [0.717, 1.165) is 37.9 Å². The Kier molecular flexibility index (Phi) is 4.38. The zero-order chi connectivity index (χ0) is 15.5. The lowest BCUT2D eigenvalue weighted by Crippen LogP contribution is -2.41. The van der Waals surface area contributed by atoms with Gasteiger partial charge in [-0.25, -0.2) is 9.97 Å². The highest BCUT2D eigenvalue weighted by molar-refractivity contribution is 5.49. The number of nitrogens with one attached hydrogen (secondary N) is 1. The molecular formula is C18H28N4O. The van der Waals surface area contributed by atoms with Crippen molar-refractivity contribution in [1.29, 1.82) is 0 Å². The largest absolute Gasteiger partial charge is 0.378 e. The van der Waals surface area contributed by atoms with Crippen molar-refractivity contribution in [1.82, 2.24) is 9.97 Å². The molecule has 0 bridgehead atoms. The normalized spacial score (nSPS) is 27.3. The Bertz CT molecular complexity index is 524. The molecule has 3 aliphatic rings. The molecule has 3 fully saturated rings. The maximum Gasteiger partial charge on any atom is 0.134 e. The minimum absolute atomic E-state index is 0.530. The van der Waals surface area contributed by atoms with E-state index in [2.05, 4.69) is 26.3 Å². The van der Waals surface area contributed by atoms with Gasteiger partial charge in [-0.15, -0.1) is 0 Å². The molecule has 126 valence electrons. The summed E-state index contributed by atoms with van der Waals surface area (Å²) in [5, 5.41) is 3.78. The zero-order valence-electron chi connectivity index (χ0n) is 14.0. The SMILES string of the molecule is c1nc(N[C@H]2CCCCC23CCCC3)cc(N2CCOCC2)n1.